The van der Waals surface area contributed by atoms with Gasteiger partial charge in [0.1, 0.15) is 0 Å². The predicted octanol–water partition coefficient (Wildman–Crippen LogP) is 1.01. The van der Waals surface area contributed by atoms with Gasteiger partial charge in [-0.2, -0.15) is 0 Å². The molecule has 11 heavy (non-hydrogen) atoms. The van der Waals surface area contributed by atoms with E-state index < -0.39 is 0 Å². The van der Waals surface area contributed by atoms with Crippen LogP contribution in [-0.4, -0.2) is 12.3 Å². The molecule has 0 radical (unpaired) electrons. The average molecular weight is 149 g/mol. The molecule has 1 unspecified atom stereocenters. The van der Waals surface area contributed by atoms with Crippen LogP contribution in [0.4, 0.5) is 0 Å². The summed E-state index contributed by atoms with van der Waals surface area (Å²) in [7, 11) is 0. The summed E-state index contributed by atoms with van der Waals surface area (Å²) in [6, 6.07) is 0. The molecule has 1 aliphatic carbocycles. The molecule has 2 nitrogen and oxygen atoms in total. The van der Waals surface area contributed by atoms with E-state index >= 15 is 0 Å². The number of carbonyl (C=O) groups excluding carboxylic acids is 1. The van der Waals surface area contributed by atoms with E-state index in [0.29, 0.717) is 5.92 Å². The first-order chi connectivity index (χ1) is 5.36. The van der Waals surface area contributed by atoms with Crippen LogP contribution in [0.2, 0.25) is 0 Å². The Labute approximate surface area is 66.0 Å². The van der Waals surface area contributed by atoms with Gasteiger partial charge in [-0.3, -0.25) is 4.79 Å². The van der Waals surface area contributed by atoms with E-state index in [0.717, 1.165) is 12.2 Å². The third-order valence-corrected chi connectivity index (χ3v) is 2.21. The van der Waals surface area contributed by atoms with Crippen LogP contribution >= 0.6 is 0 Å². The molecule has 0 saturated carbocycles. The molecule has 1 saturated heterocycles. The van der Waals surface area contributed by atoms with Gasteiger partial charge >= 0.3 is 0 Å². The minimum Gasteiger partial charge on any atom is -0.388 e. The molecule has 0 aromatic heterocycles. The molecular weight excluding hydrogens is 138 g/mol. The molecule has 1 fully saturated rings. The Balaban J connectivity index is 2.21. The van der Waals surface area contributed by atoms with Gasteiger partial charge in [-0.1, -0.05) is 6.08 Å². The molecule has 1 aliphatic heterocycles. The minimum absolute atomic E-state index is 0.116. The van der Waals surface area contributed by atoms with Gasteiger partial charge in [-0.05, 0) is 18.9 Å². The fraction of sp³-hybridized carbons (Fsp3) is 0.444. The first-order valence-corrected chi connectivity index (χ1v) is 4.04. The highest BCUT2D eigenvalue weighted by atomic mass is 16.1. The van der Waals surface area contributed by atoms with E-state index in [2.05, 4.69) is 5.32 Å². The van der Waals surface area contributed by atoms with Gasteiger partial charge in [0, 0.05) is 24.2 Å². The first-order valence-electron chi connectivity index (χ1n) is 4.04. The van der Waals surface area contributed by atoms with Crippen molar-refractivity contribution in [3.05, 3.63) is 23.9 Å². The average Bonchev–Trinajstić information content (AvgIpc) is 2.04. The summed E-state index contributed by atoms with van der Waals surface area (Å²) in [5.41, 5.74) is 1.11. The number of hydrogen-bond donors (Lipinski definition) is 1. The molecule has 2 rings (SSSR count). The lowest BCUT2D eigenvalue weighted by Gasteiger charge is -2.25. The van der Waals surface area contributed by atoms with Crippen molar-refractivity contribution in [2.75, 3.05) is 6.54 Å². The second-order valence-corrected chi connectivity index (χ2v) is 3.04. The number of fused-ring (bicyclic) bond motifs is 1. The van der Waals surface area contributed by atoms with Crippen LogP contribution in [0.3, 0.4) is 0 Å². The zero-order valence-electron chi connectivity index (χ0n) is 6.34. The van der Waals surface area contributed by atoms with Gasteiger partial charge in [-0.15, -0.1) is 0 Å². The maximum atomic E-state index is 10.9. The van der Waals surface area contributed by atoms with Gasteiger partial charge in [0.15, 0.2) is 5.78 Å². The van der Waals surface area contributed by atoms with Gasteiger partial charge in [-0.25, -0.2) is 0 Å². The zero-order valence-corrected chi connectivity index (χ0v) is 6.34. The Morgan fingerprint density at radius 3 is 3.36 bits per heavy atom. The highest BCUT2D eigenvalue weighted by molar-refractivity contribution is 6.00. The molecule has 0 amide bonds. The normalized spacial score (nSPS) is 28.9. The molecule has 0 aromatic rings. The minimum atomic E-state index is 0.116. The summed E-state index contributed by atoms with van der Waals surface area (Å²) in [5.74, 6) is 0.604. The number of ketones is 1. The third-order valence-electron chi connectivity index (χ3n) is 2.21. The monoisotopic (exact) mass is 149 g/mol. The molecule has 0 aromatic carbocycles. The molecule has 1 atom stereocenters. The van der Waals surface area contributed by atoms with Crippen molar-refractivity contribution in [2.24, 2.45) is 5.92 Å². The Hall–Kier alpha value is -1.05. The van der Waals surface area contributed by atoms with Crippen LogP contribution in [0.5, 0.6) is 0 Å². The summed E-state index contributed by atoms with van der Waals surface area (Å²) < 4.78 is 0. The van der Waals surface area contributed by atoms with Crippen LogP contribution in [0.1, 0.15) is 12.8 Å². The first kappa shape index (κ1) is 6.65. The lowest BCUT2D eigenvalue weighted by molar-refractivity contribution is -0.110. The number of carbonyl (C=O) groups is 1. The molecular formula is C9H11NO. The molecule has 2 heteroatoms. The van der Waals surface area contributed by atoms with Crippen LogP contribution in [-0.2, 0) is 4.79 Å². The maximum absolute atomic E-state index is 10.9. The van der Waals surface area contributed by atoms with Crippen molar-refractivity contribution in [1.29, 1.82) is 0 Å². The fourth-order valence-electron chi connectivity index (χ4n) is 1.61. The zero-order chi connectivity index (χ0) is 7.68. The fourth-order valence-corrected chi connectivity index (χ4v) is 1.61. The topological polar surface area (TPSA) is 29.1 Å². The molecule has 1 N–H and O–H groups in total. The quantitative estimate of drug-likeness (QED) is 0.557. The van der Waals surface area contributed by atoms with Gasteiger partial charge in [0.25, 0.3) is 0 Å². The van der Waals surface area contributed by atoms with Gasteiger partial charge < -0.3 is 5.32 Å². The predicted molar refractivity (Wildman–Crippen MR) is 43.0 cm³/mol. The van der Waals surface area contributed by atoms with E-state index in [1.165, 1.54) is 12.8 Å². The summed E-state index contributed by atoms with van der Waals surface area (Å²) in [6.07, 6.45) is 7.78. The van der Waals surface area contributed by atoms with Crippen LogP contribution in [0, 0.1) is 5.92 Å². The smallest absolute Gasteiger partial charge is 0.180 e. The number of hydrogen-bond acceptors (Lipinski definition) is 2. The van der Waals surface area contributed by atoms with Crippen molar-refractivity contribution in [2.45, 2.75) is 12.8 Å². The van der Waals surface area contributed by atoms with Crippen LogP contribution in [0.25, 0.3) is 0 Å². The summed E-state index contributed by atoms with van der Waals surface area (Å²) >= 11 is 0. The summed E-state index contributed by atoms with van der Waals surface area (Å²) in [5, 5.41) is 3.24. The molecule has 2 aliphatic rings. The number of piperidine rings is 1. The third kappa shape index (κ3) is 1.20. The van der Waals surface area contributed by atoms with Crippen LogP contribution in [0.15, 0.2) is 23.9 Å². The lowest BCUT2D eigenvalue weighted by atomic mass is 9.91. The summed E-state index contributed by atoms with van der Waals surface area (Å²) in [4.78, 5) is 10.9. The number of rotatable bonds is 0. The van der Waals surface area contributed by atoms with E-state index in [9.17, 15) is 4.79 Å². The van der Waals surface area contributed by atoms with Crippen LogP contribution < -0.4 is 5.32 Å². The number of nitrogens with one attached hydrogen (secondary N) is 1. The maximum Gasteiger partial charge on any atom is 0.180 e. The van der Waals surface area contributed by atoms with Gasteiger partial charge in [0.05, 0.1) is 0 Å². The Morgan fingerprint density at radius 1 is 1.55 bits per heavy atom. The van der Waals surface area contributed by atoms with E-state index in [1.54, 1.807) is 12.2 Å². The molecule has 0 bridgehead atoms. The van der Waals surface area contributed by atoms with Crippen molar-refractivity contribution in [3.8, 4) is 0 Å². The van der Waals surface area contributed by atoms with Crippen molar-refractivity contribution < 1.29 is 4.79 Å². The SMILES string of the molecule is O=C1C=CC2CCCNC2=C1. The molecule has 58 valence electrons. The second-order valence-electron chi connectivity index (χ2n) is 3.04. The highest BCUT2D eigenvalue weighted by Crippen LogP contribution is 2.23. The Bertz CT molecular complexity index is 240. The Kier molecular flexibility index (Phi) is 1.53. The molecule has 1 heterocycles. The summed E-state index contributed by atoms with van der Waals surface area (Å²) in [6.45, 7) is 1.02. The van der Waals surface area contributed by atoms with E-state index in [1.807, 2.05) is 6.08 Å². The largest absolute Gasteiger partial charge is 0.388 e. The highest BCUT2D eigenvalue weighted by Gasteiger charge is 2.19. The van der Waals surface area contributed by atoms with Crippen molar-refractivity contribution in [1.82, 2.24) is 5.32 Å². The van der Waals surface area contributed by atoms with E-state index in [-0.39, 0.29) is 5.78 Å². The number of allylic oxidation sites excluding steroid dienone is 3. The lowest BCUT2D eigenvalue weighted by Crippen LogP contribution is -2.28. The Morgan fingerprint density at radius 2 is 2.45 bits per heavy atom. The second kappa shape index (κ2) is 2.53. The van der Waals surface area contributed by atoms with Crippen molar-refractivity contribution in [3.63, 3.8) is 0 Å². The van der Waals surface area contributed by atoms with E-state index in [4.69, 9.17) is 0 Å². The van der Waals surface area contributed by atoms with Gasteiger partial charge in [0.2, 0.25) is 0 Å². The standard InChI is InChI=1S/C9H11NO/c11-8-4-3-7-2-1-5-10-9(7)6-8/h3-4,6-7,10H,1-2,5H2. The molecule has 0 spiro atoms. The van der Waals surface area contributed by atoms with Crippen molar-refractivity contribution >= 4 is 5.78 Å².